The molecule has 19 heavy (non-hydrogen) atoms. The summed E-state index contributed by atoms with van der Waals surface area (Å²) < 4.78 is 0. The predicted octanol–water partition coefficient (Wildman–Crippen LogP) is 4.76. The van der Waals surface area contributed by atoms with Gasteiger partial charge < -0.3 is 5.32 Å². The van der Waals surface area contributed by atoms with Crippen molar-refractivity contribution in [3.05, 3.63) is 0 Å². The lowest BCUT2D eigenvalue weighted by Crippen LogP contribution is -2.28. The maximum absolute atomic E-state index is 3.73. The first kappa shape index (κ1) is 13.9. The third-order valence-corrected chi connectivity index (χ3v) is 6.09. The van der Waals surface area contributed by atoms with Crippen LogP contribution < -0.4 is 5.32 Å². The fourth-order valence-electron chi connectivity index (χ4n) is 4.50. The number of hydrogen-bond acceptors (Lipinski definition) is 1. The fourth-order valence-corrected chi connectivity index (χ4v) is 4.50. The highest BCUT2D eigenvalue weighted by Gasteiger charge is 2.36. The van der Waals surface area contributed by atoms with Crippen molar-refractivity contribution in [2.24, 2.45) is 23.7 Å². The molecular formula is C18H33N. The van der Waals surface area contributed by atoms with Crippen molar-refractivity contribution in [3.63, 3.8) is 0 Å². The van der Waals surface area contributed by atoms with Gasteiger partial charge in [-0.25, -0.2) is 0 Å². The lowest BCUT2D eigenvalue weighted by atomic mass is 9.70. The summed E-state index contributed by atoms with van der Waals surface area (Å²) in [5.41, 5.74) is 0. The van der Waals surface area contributed by atoms with Gasteiger partial charge in [-0.3, -0.25) is 0 Å². The van der Waals surface area contributed by atoms with E-state index in [1.54, 1.807) is 32.1 Å². The van der Waals surface area contributed by atoms with Crippen molar-refractivity contribution in [2.75, 3.05) is 6.54 Å². The molecule has 2 saturated carbocycles. The highest BCUT2D eigenvalue weighted by atomic mass is 14.9. The minimum Gasteiger partial charge on any atom is -0.314 e. The monoisotopic (exact) mass is 263 g/mol. The topological polar surface area (TPSA) is 12.0 Å². The van der Waals surface area contributed by atoms with Gasteiger partial charge in [-0.05, 0) is 75.7 Å². The van der Waals surface area contributed by atoms with E-state index in [4.69, 9.17) is 0 Å². The summed E-state index contributed by atoms with van der Waals surface area (Å²) in [7, 11) is 0. The van der Waals surface area contributed by atoms with E-state index in [1.807, 2.05) is 0 Å². The van der Waals surface area contributed by atoms with Gasteiger partial charge in [0.2, 0.25) is 0 Å². The molecule has 4 aliphatic rings. The first-order chi connectivity index (χ1) is 9.31. The van der Waals surface area contributed by atoms with E-state index in [1.165, 1.54) is 45.1 Å². The van der Waals surface area contributed by atoms with E-state index in [0.29, 0.717) is 0 Å². The molecule has 4 fully saturated rings. The van der Waals surface area contributed by atoms with Crippen LogP contribution in [0.5, 0.6) is 0 Å². The van der Waals surface area contributed by atoms with Gasteiger partial charge in [-0.15, -0.1) is 0 Å². The van der Waals surface area contributed by atoms with E-state index in [-0.39, 0.29) is 0 Å². The summed E-state index contributed by atoms with van der Waals surface area (Å²) in [4.78, 5) is 0. The van der Waals surface area contributed by atoms with Crippen LogP contribution in [0.2, 0.25) is 0 Å². The molecule has 4 rings (SSSR count). The molecule has 2 heterocycles. The van der Waals surface area contributed by atoms with Gasteiger partial charge in [0.25, 0.3) is 0 Å². The zero-order valence-corrected chi connectivity index (χ0v) is 12.9. The Morgan fingerprint density at radius 3 is 2.26 bits per heavy atom. The van der Waals surface area contributed by atoms with Crippen LogP contribution in [0.15, 0.2) is 0 Å². The minimum atomic E-state index is 0.752. The van der Waals surface area contributed by atoms with Gasteiger partial charge >= 0.3 is 0 Å². The van der Waals surface area contributed by atoms with Crippen molar-refractivity contribution in [2.45, 2.75) is 83.6 Å². The number of fused-ring (bicyclic) bond motifs is 9. The van der Waals surface area contributed by atoms with E-state index in [2.05, 4.69) is 12.2 Å². The van der Waals surface area contributed by atoms with Gasteiger partial charge in [-0.2, -0.15) is 0 Å². The van der Waals surface area contributed by atoms with Gasteiger partial charge in [-0.1, -0.05) is 32.1 Å². The van der Waals surface area contributed by atoms with Gasteiger partial charge in [0, 0.05) is 6.04 Å². The molecule has 0 aromatic heterocycles. The van der Waals surface area contributed by atoms with Gasteiger partial charge in [0.1, 0.15) is 0 Å². The third kappa shape index (κ3) is 4.21. The number of hydrogen-bond donors (Lipinski definition) is 1. The average Bonchev–Trinajstić information content (AvgIpc) is 3.09. The molecule has 3 atom stereocenters. The molecule has 2 saturated heterocycles. The van der Waals surface area contributed by atoms with Crippen molar-refractivity contribution in [3.8, 4) is 0 Å². The Hall–Kier alpha value is -0.0400. The average molecular weight is 263 g/mol. The Balaban J connectivity index is 1.41. The Kier molecular flexibility index (Phi) is 4.84. The summed E-state index contributed by atoms with van der Waals surface area (Å²) in [5.74, 6) is 4.44. The Labute approximate surface area is 119 Å². The van der Waals surface area contributed by atoms with Crippen LogP contribution >= 0.6 is 0 Å². The summed E-state index contributed by atoms with van der Waals surface area (Å²) in [5, 5.41) is 3.73. The highest BCUT2D eigenvalue weighted by molar-refractivity contribution is 4.88. The normalized spacial score (nSPS) is 45.0. The van der Waals surface area contributed by atoms with E-state index in [0.717, 1.165) is 29.7 Å². The second-order valence-corrected chi connectivity index (χ2v) is 7.82. The van der Waals surface area contributed by atoms with Crippen LogP contribution in [0.1, 0.15) is 77.6 Å². The Morgan fingerprint density at radius 2 is 1.42 bits per heavy atom. The maximum Gasteiger partial charge on any atom is 0.00388 e. The molecule has 1 N–H and O–H groups in total. The molecular weight excluding hydrogens is 230 g/mol. The van der Waals surface area contributed by atoms with Crippen molar-refractivity contribution in [1.29, 1.82) is 0 Å². The lowest BCUT2D eigenvalue weighted by molar-refractivity contribution is 0.163. The summed E-state index contributed by atoms with van der Waals surface area (Å²) in [6.45, 7) is 3.64. The second kappa shape index (κ2) is 6.61. The first-order valence-electron chi connectivity index (χ1n) is 9.04. The van der Waals surface area contributed by atoms with Gasteiger partial charge in [0.15, 0.2) is 0 Å². The molecule has 2 bridgehead atoms. The predicted molar refractivity (Wildman–Crippen MR) is 82.2 cm³/mol. The molecule has 0 amide bonds. The molecule has 0 aromatic rings. The van der Waals surface area contributed by atoms with Crippen molar-refractivity contribution >= 4 is 0 Å². The molecule has 0 radical (unpaired) electrons. The summed E-state index contributed by atoms with van der Waals surface area (Å²) in [6.07, 6.45) is 16.6. The van der Waals surface area contributed by atoms with E-state index in [9.17, 15) is 0 Å². The largest absolute Gasteiger partial charge is 0.314 e. The van der Waals surface area contributed by atoms with Crippen LogP contribution in [-0.2, 0) is 0 Å². The van der Waals surface area contributed by atoms with E-state index < -0.39 is 0 Å². The fraction of sp³-hybridized carbons (Fsp3) is 1.00. The van der Waals surface area contributed by atoms with Crippen molar-refractivity contribution < 1.29 is 0 Å². The summed E-state index contributed by atoms with van der Waals surface area (Å²) >= 11 is 0. The Morgan fingerprint density at radius 1 is 0.684 bits per heavy atom. The van der Waals surface area contributed by atoms with Crippen molar-refractivity contribution in [1.82, 2.24) is 5.32 Å². The zero-order valence-electron chi connectivity index (χ0n) is 12.9. The smallest absolute Gasteiger partial charge is 0.00388 e. The second-order valence-electron chi connectivity index (χ2n) is 7.82. The lowest BCUT2D eigenvalue weighted by Gasteiger charge is -2.35. The number of rotatable bonds is 0. The van der Waals surface area contributed by atoms with Gasteiger partial charge in [0.05, 0.1) is 0 Å². The molecule has 2 aliphatic carbocycles. The molecule has 3 unspecified atom stereocenters. The van der Waals surface area contributed by atoms with Crippen LogP contribution in [0.4, 0.5) is 0 Å². The molecule has 0 aromatic carbocycles. The standard InChI is InChI=1S/C18H33N/c1-14-8-9-18-13-17(18)7-4-6-16-11-15(12-16)5-2-3-10-19-14/h14-19H,2-13H2,1H3. The summed E-state index contributed by atoms with van der Waals surface area (Å²) in [6, 6.07) is 0.752. The first-order valence-corrected chi connectivity index (χ1v) is 9.04. The van der Waals surface area contributed by atoms with Crippen LogP contribution in [0.25, 0.3) is 0 Å². The molecule has 0 spiro atoms. The zero-order chi connectivity index (χ0) is 13.1. The third-order valence-electron chi connectivity index (χ3n) is 6.09. The highest BCUT2D eigenvalue weighted by Crippen LogP contribution is 2.47. The molecule has 110 valence electrons. The minimum absolute atomic E-state index is 0.752. The SMILES string of the molecule is CC1CCC2CC2CCCC2CC(CCCCN1)C2. The van der Waals surface area contributed by atoms with Crippen LogP contribution in [-0.4, -0.2) is 12.6 Å². The van der Waals surface area contributed by atoms with Crippen LogP contribution in [0.3, 0.4) is 0 Å². The molecule has 2 aliphatic heterocycles. The Bertz CT molecular complexity index is 266. The van der Waals surface area contributed by atoms with E-state index >= 15 is 0 Å². The number of nitrogens with one attached hydrogen (secondary N) is 1. The maximum atomic E-state index is 3.73. The molecule has 1 heteroatoms. The molecule has 1 nitrogen and oxygen atoms in total. The van der Waals surface area contributed by atoms with Crippen LogP contribution in [0, 0.1) is 23.7 Å². The quantitative estimate of drug-likeness (QED) is 0.664.